The van der Waals surface area contributed by atoms with Crippen LogP contribution in [0.3, 0.4) is 0 Å². The third-order valence-corrected chi connectivity index (χ3v) is 15.5. The molecule has 0 aromatic rings. The van der Waals surface area contributed by atoms with Gasteiger partial charge in [0.2, 0.25) is 0 Å². The largest absolute Gasteiger partial charge is 0.498 e. The third kappa shape index (κ3) is 13.0. The number of unbranched alkanes of at least 4 members (excludes halogenated alkanes) is 12. The van der Waals surface area contributed by atoms with Crippen LogP contribution in [0.1, 0.15) is 187 Å². The minimum atomic E-state index is 0.298. The summed E-state index contributed by atoms with van der Waals surface area (Å²) in [5.41, 5.74) is 0. The third-order valence-electron chi connectivity index (χ3n) is 15.5. The molecule has 0 aromatic carbocycles. The van der Waals surface area contributed by atoms with Gasteiger partial charge in [-0.3, -0.25) is 5.41 Å². The quantitative estimate of drug-likeness (QED) is 0.0299. The van der Waals surface area contributed by atoms with Gasteiger partial charge in [-0.05, 0) is 144 Å². The van der Waals surface area contributed by atoms with Crippen molar-refractivity contribution in [2.45, 2.75) is 193 Å². The molecular weight excluding hydrogens is 677 g/mol. The summed E-state index contributed by atoms with van der Waals surface area (Å²) >= 11 is 0. The second-order valence-corrected chi connectivity index (χ2v) is 19.7. The zero-order valence-electron chi connectivity index (χ0n) is 36.7. The van der Waals surface area contributed by atoms with E-state index in [9.17, 15) is 0 Å². The molecule has 0 spiro atoms. The molecule has 5 heteroatoms. The number of nitrogens with zero attached hydrogens (tertiary/aromatic N) is 1. The highest BCUT2D eigenvalue weighted by Crippen LogP contribution is 2.84. The summed E-state index contributed by atoms with van der Waals surface area (Å²) in [5.74, 6) is 12.9. The van der Waals surface area contributed by atoms with Crippen LogP contribution in [0.25, 0.3) is 0 Å². The van der Waals surface area contributed by atoms with Gasteiger partial charge in [0.1, 0.15) is 0 Å². The maximum absolute atomic E-state index is 8.34. The molecule has 316 valence electrons. The summed E-state index contributed by atoms with van der Waals surface area (Å²) < 4.78 is 18.8. The van der Waals surface area contributed by atoms with Crippen molar-refractivity contribution < 1.29 is 14.2 Å². The van der Waals surface area contributed by atoms with Crippen LogP contribution in [0, 0.1) is 64.6 Å². The molecule has 5 rings (SSSR count). The minimum absolute atomic E-state index is 0.298. The number of fused-ring (bicyclic) bond motifs is 2. The number of hydrogen-bond donors (Lipinski definition) is 1. The summed E-state index contributed by atoms with van der Waals surface area (Å²) in [6.07, 6.45) is 33.6. The molecule has 0 saturated heterocycles. The van der Waals surface area contributed by atoms with E-state index in [1.807, 2.05) is 0 Å². The SMILES string of the molecule is C=C(CCCCCCCC(CCCCCCCC(=N)OCCC(CCCCC)CCCCC)OC(=C)CCCN(C)C)OCC1C2C3CC4C5C3CC2C5C14. The fourth-order valence-corrected chi connectivity index (χ4v) is 13.0. The van der Waals surface area contributed by atoms with Crippen LogP contribution in [0.4, 0.5) is 0 Å². The van der Waals surface area contributed by atoms with E-state index in [0.29, 0.717) is 12.0 Å². The Morgan fingerprint density at radius 3 is 1.80 bits per heavy atom. The second-order valence-electron chi connectivity index (χ2n) is 19.7. The molecule has 0 radical (unpaired) electrons. The standard InChI is InChI=1S/C50H88N2O3/c1-7-9-17-26-39(27-18-10-8-2)31-33-53-46(51)30-22-16-12-15-21-29-40(55-38(4)25-23-32-52(5)6)28-20-14-11-13-19-24-37(3)54-36-45-47-41-34-44-48-42(41)35-43(47)50(48)49(44)45/h39-45,47-51H,3-4,7-36H2,1-2,5-6H3. The van der Waals surface area contributed by atoms with Crippen LogP contribution in [0.2, 0.25) is 0 Å². The molecule has 0 amide bonds. The van der Waals surface area contributed by atoms with E-state index in [1.54, 1.807) is 12.8 Å². The van der Waals surface area contributed by atoms with E-state index in [0.717, 1.165) is 142 Å². The smallest absolute Gasteiger partial charge is 0.180 e. The normalized spacial score (nSPS) is 28.4. The van der Waals surface area contributed by atoms with Crippen LogP contribution in [0.15, 0.2) is 24.7 Å². The van der Waals surface area contributed by atoms with Crippen molar-refractivity contribution >= 4 is 5.90 Å². The molecule has 5 aliphatic carbocycles. The number of ether oxygens (including phenoxy) is 3. The summed E-state index contributed by atoms with van der Waals surface area (Å²) in [6.45, 7) is 16.0. The molecule has 0 aromatic heterocycles. The average Bonchev–Trinajstić information content (AvgIpc) is 3.73. The Balaban J connectivity index is 0.872. The Kier molecular flexibility index (Phi) is 19.3. The number of allylic oxidation sites excluding steroid dienone is 2. The van der Waals surface area contributed by atoms with Gasteiger partial charge < -0.3 is 19.1 Å². The van der Waals surface area contributed by atoms with Crippen molar-refractivity contribution in [3.63, 3.8) is 0 Å². The van der Waals surface area contributed by atoms with E-state index in [-0.39, 0.29) is 0 Å². The lowest BCUT2D eigenvalue weighted by molar-refractivity contribution is -0.0245. The Hall–Kier alpha value is -1.49. The van der Waals surface area contributed by atoms with E-state index in [1.165, 1.54) is 109 Å². The highest BCUT2D eigenvalue weighted by Gasteiger charge is 2.80. The van der Waals surface area contributed by atoms with Gasteiger partial charge in [0.25, 0.3) is 0 Å². The zero-order valence-corrected chi connectivity index (χ0v) is 36.7. The van der Waals surface area contributed by atoms with Gasteiger partial charge in [-0.2, -0.15) is 0 Å². The first kappa shape index (κ1) is 44.6. The van der Waals surface area contributed by atoms with Crippen molar-refractivity contribution in [2.24, 2.45) is 59.2 Å². The number of hydrogen-bond acceptors (Lipinski definition) is 5. The van der Waals surface area contributed by atoms with E-state index >= 15 is 0 Å². The van der Waals surface area contributed by atoms with Gasteiger partial charge in [-0.1, -0.05) is 117 Å². The van der Waals surface area contributed by atoms with Crippen molar-refractivity contribution in [1.29, 1.82) is 5.41 Å². The average molecular weight is 765 g/mol. The van der Waals surface area contributed by atoms with Gasteiger partial charge >= 0.3 is 0 Å². The predicted octanol–water partition coefficient (Wildman–Crippen LogP) is 13.8. The molecule has 5 fully saturated rings. The fraction of sp³-hybridized carbons (Fsp3) is 0.900. The maximum Gasteiger partial charge on any atom is 0.180 e. The zero-order chi connectivity index (χ0) is 39.0. The van der Waals surface area contributed by atoms with E-state index in [2.05, 4.69) is 46.0 Å². The molecule has 10 atom stereocenters. The summed E-state index contributed by atoms with van der Waals surface area (Å²) in [4.78, 5) is 2.24. The van der Waals surface area contributed by atoms with Crippen LogP contribution in [-0.2, 0) is 14.2 Å². The van der Waals surface area contributed by atoms with Crippen LogP contribution in [-0.4, -0.2) is 50.8 Å². The van der Waals surface area contributed by atoms with Crippen molar-refractivity contribution in [1.82, 2.24) is 4.90 Å². The molecule has 0 aliphatic heterocycles. The molecule has 10 unspecified atom stereocenters. The first-order chi connectivity index (χ1) is 26.8. The topological polar surface area (TPSA) is 54.8 Å². The molecule has 2 bridgehead atoms. The summed E-state index contributed by atoms with van der Waals surface area (Å²) in [5, 5.41) is 8.34. The lowest BCUT2D eigenvalue weighted by Gasteiger charge is -2.47. The molecule has 0 heterocycles. The number of rotatable bonds is 36. The second kappa shape index (κ2) is 23.8. The van der Waals surface area contributed by atoms with Gasteiger partial charge in [0.15, 0.2) is 5.90 Å². The molecular formula is C50H88N2O3. The Labute approximate surface area is 340 Å². The lowest BCUT2D eigenvalue weighted by Crippen LogP contribution is -2.44. The van der Waals surface area contributed by atoms with Crippen molar-refractivity contribution in [3.05, 3.63) is 24.7 Å². The number of nitrogens with one attached hydrogen (secondary N) is 1. The molecule has 1 N–H and O–H groups in total. The minimum Gasteiger partial charge on any atom is -0.498 e. The molecule has 5 saturated carbocycles. The van der Waals surface area contributed by atoms with Gasteiger partial charge in [0, 0.05) is 19.3 Å². The highest BCUT2D eigenvalue weighted by atomic mass is 16.5. The van der Waals surface area contributed by atoms with E-state index in [4.69, 9.17) is 19.6 Å². The monoisotopic (exact) mass is 765 g/mol. The Bertz CT molecular complexity index is 1120. The van der Waals surface area contributed by atoms with Gasteiger partial charge in [0.05, 0.1) is 30.8 Å². The van der Waals surface area contributed by atoms with Crippen LogP contribution in [0.5, 0.6) is 0 Å². The fourth-order valence-electron chi connectivity index (χ4n) is 13.0. The van der Waals surface area contributed by atoms with Crippen molar-refractivity contribution in [2.75, 3.05) is 33.9 Å². The van der Waals surface area contributed by atoms with Gasteiger partial charge in [-0.25, -0.2) is 0 Å². The van der Waals surface area contributed by atoms with Gasteiger partial charge in [-0.15, -0.1) is 0 Å². The molecule has 5 nitrogen and oxygen atoms in total. The summed E-state index contributed by atoms with van der Waals surface area (Å²) in [6, 6.07) is 0. The Morgan fingerprint density at radius 2 is 1.15 bits per heavy atom. The Morgan fingerprint density at radius 1 is 0.582 bits per heavy atom. The maximum atomic E-state index is 8.34. The molecule has 5 aliphatic rings. The first-order valence-electron chi connectivity index (χ1n) is 24.3. The first-order valence-corrected chi connectivity index (χ1v) is 24.3. The van der Waals surface area contributed by atoms with E-state index < -0.39 is 0 Å². The predicted molar refractivity (Wildman–Crippen MR) is 232 cm³/mol. The summed E-state index contributed by atoms with van der Waals surface area (Å²) in [7, 11) is 4.27. The van der Waals surface area contributed by atoms with Crippen molar-refractivity contribution in [3.8, 4) is 0 Å². The van der Waals surface area contributed by atoms with Crippen LogP contribution < -0.4 is 0 Å². The van der Waals surface area contributed by atoms with Crippen LogP contribution >= 0.6 is 0 Å². The lowest BCUT2D eigenvalue weighted by atomic mass is 9.57. The highest BCUT2D eigenvalue weighted by molar-refractivity contribution is 5.72. The molecule has 55 heavy (non-hydrogen) atoms.